The van der Waals surface area contributed by atoms with Gasteiger partial charge in [0.05, 0.1) is 19.3 Å². The van der Waals surface area contributed by atoms with E-state index in [1.54, 1.807) is 0 Å². The first kappa shape index (κ1) is 15.0. The van der Waals surface area contributed by atoms with Crippen LogP contribution in [0.2, 0.25) is 0 Å². The van der Waals surface area contributed by atoms with Crippen LogP contribution in [0.25, 0.3) is 0 Å². The van der Waals surface area contributed by atoms with Gasteiger partial charge in [-0.1, -0.05) is 37.3 Å². The van der Waals surface area contributed by atoms with Gasteiger partial charge in [0, 0.05) is 18.5 Å². The maximum atomic E-state index is 12.2. The van der Waals surface area contributed by atoms with Gasteiger partial charge >= 0.3 is 0 Å². The fraction of sp³-hybridized carbons (Fsp3) is 0.562. The molecule has 1 heterocycles. The molecule has 0 aromatic heterocycles. The predicted octanol–water partition coefficient (Wildman–Crippen LogP) is 1.66. The van der Waals surface area contributed by atoms with E-state index in [0.29, 0.717) is 6.54 Å². The minimum Gasteiger partial charge on any atom is -0.380 e. The number of hydrogen-bond donors (Lipinski definition) is 1. The highest BCUT2D eigenvalue weighted by molar-refractivity contribution is 5.81. The van der Waals surface area contributed by atoms with Crippen molar-refractivity contribution >= 4 is 5.91 Å². The molecule has 0 spiro atoms. The van der Waals surface area contributed by atoms with Crippen molar-refractivity contribution in [3.05, 3.63) is 35.9 Å². The van der Waals surface area contributed by atoms with Gasteiger partial charge in [0.2, 0.25) is 5.91 Å². The molecule has 0 aliphatic carbocycles. The highest BCUT2D eigenvalue weighted by Crippen LogP contribution is 2.27. The van der Waals surface area contributed by atoms with Crippen LogP contribution in [-0.4, -0.2) is 43.7 Å². The van der Waals surface area contributed by atoms with Crippen LogP contribution >= 0.6 is 0 Å². The van der Waals surface area contributed by atoms with Gasteiger partial charge in [0.25, 0.3) is 0 Å². The van der Waals surface area contributed by atoms with Gasteiger partial charge < -0.3 is 10.1 Å². The number of rotatable bonds is 6. The smallest absolute Gasteiger partial charge is 0.237 e. The number of carbonyl (C=O) groups excluding carboxylic acids is 1. The zero-order valence-electron chi connectivity index (χ0n) is 12.6. The Morgan fingerprint density at radius 1 is 1.40 bits per heavy atom. The average molecular weight is 276 g/mol. The summed E-state index contributed by atoms with van der Waals surface area (Å²) >= 11 is 0. The average Bonchev–Trinajstić information content (AvgIpc) is 2.43. The van der Waals surface area contributed by atoms with Crippen LogP contribution in [0.1, 0.15) is 19.4 Å². The van der Waals surface area contributed by atoms with E-state index in [9.17, 15) is 4.79 Å². The maximum Gasteiger partial charge on any atom is 0.237 e. The minimum absolute atomic E-state index is 0.0696. The molecule has 1 N–H and O–H groups in total. The Morgan fingerprint density at radius 2 is 2.05 bits per heavy atom. The molecule has 20 heavy (non-hydrogen) atoms. The number of benzene rings is 1. The quantitative estimate of drug-likeness (QED) is 0.859. The lowest BCUT2D eigenvalue weighted by atomic mass is 9.88. The molecule has 0 saturated carbocycles. The topological polar surface area (TPSA) is 41.6 Å². The number of amides is 1. The highest BCUT2D eigenvalue weighted by atomic mass is 16.5. The molecule has 1 aliphatic heterocycles. The number of hydrogen-bond acceptors (Lipinski definition) is 3. The second-order valence-corrected chi connectivity index (χ2v) is 6.10. The molecule has 1 aromatic rings. The third kappa shape index (κ3) is 3.81. The lowest BCUT2D eigenvalue weighted by Gasteiger charge is -2.42. The van der Waals surface area contributed by atoms with Crippen LogP contribution < -0.4 is 5.32 Å². The Kier molecular flexibility index (Phi) is 4.78. The van der Waals surface area contributed by atoms with E-state index < -0.39 is 0 Å². The fourth-order valence-corrected chi connectivity index (χ4v) is 2.41. The molecule has 1 amide bonds. The SMILES string of the molecule is C[C@H](C(=O)NCc1ccccc1)N(C)CC1(C)COC1. The summed E-state index contributed by atoms with van der Waals surface area (Å²) in [6.45, 7) is 7.18. The van der Waals surface area contributed by atoms with Crippen LogP contribution in [-0.2, 0) is 16.1 Å². The van der Waals surface area contributed by atoms with Crippen molar-refractivity contribution in [1.82, 2.24) is 10.2 Å². The molecule has 1 fully saturated rings. The lowest BCUT2D eigenvalue weighted by Crippen LogP contribution is -2.52. The molecule has 0 bridgehead atoms. The van der Waals surface area contributed by atoms with E-state index in [4.69, 9.17) is 4.74 Å². The molecule has 0 radical (unpaired) electrons. The summed E-state index contributed by atoms with van der Waals surface area (Å²) in [5.74, 6) is 0.0696. The first-order valence-corrected chi connectivity index (χ1v) is 7.10. The molecule has 1 aromatic carbocycles. The van der Waals surface area contributed by atoms with Crippen molar-refractivity contribution < 1.29 is 9.53 Å². The normalized spacial score (nSPS) is 18.4. The standard InChI is InChI=1S/C16H24N2O2/c1-13(18(3)10-16(2)11-20-12-16)15(19)17-9-14-7-5-4-6-8-14/h4-8,13H,9-12H2,1-3H3,(H,17,19)/t13-/m1/s1. The Morgan fingerprint density at radius 3 is 2.60 bits per heavy atom. The third-order valence-electron chi connectivity index (χ3n) is 3.88. The number of ether oxygens (including phenoxy) is 1. The molecule has 2 rings (SSSR count). The first-order chi connectivity index (χ1) is 9.50. The third-order valence-corrected chi connectivity index (χ3v) is 3.88. The monoisotopic (exact) mass is 276 g/mol. The Balaban J connectivity index is 1.79. The molecule has 4 heteroatoms. The van der Waals surface area contributed by atoms with Gasteiger partial charge in [0.1, 0.15) is 0 Å². The Bertz CT molecular complexity index is 443. The van der Waals surface area contributed by atoms with E-state index in [-0.39, 0.29) is 17.4 Å². The summed E-state index contributed by atoms with van der Waals surface area (Å²) in [4.78, 5) is 14.3. The molecule has 1 saturated heterocycles. The van der Waals surface area contributed by atoms with E-state index in [1.165, 1.54) is 0 Å². The Hall–Kier alpha value is -1.39. The summed E-state index contributed by atoms with van der Waals surface area (Å²) in [5, 5.41) is 2.99. The van der Waals surface area contributed by atoms with Crippen LogP contribution in [0.3, 0.4) is 0 Å². The van der Waals surface area contributed by atoms with E-state index >= 15 is 0 Å². The molecule has 0 unspecified atom stereocenters. The van der Waals surface area contributed by atoms with Gasteiger partial charge in [-0.25, -0.2) is 0 Å². The van der Waals surface area contributed by atoms with Crippen molar-refractivity contribution in [3.8, 4) is 0 Å². The second-order valence-electron chi connectivity index (χ2n) is 6.10. The van der Waals surface area contributed by atoms with Crippen molar-refractivity contribution in [1.29, 1.82) is 0 Å². The molecule has 1 aliphatic rings. The molecular weight excluding hydrogens is 252 g/mol. The summed E-state index contributed by atoms with van der Waals surface area (Å²) in [7, 11) is 2.00. The number of nitrogens with one attached hydrogen (secondary N) is 1. The summed E-state index contributed by atoms with van der Waals surface area (Å²) < 4.78 is 5.26. The van der Waals surface area contributed by atoms with Gasteiger partial charge in [-0.2, -0.15) is 0 Å². The van der Waals surface area contributed by atoms with Crippen LogP contribution in [0.15, 0.2) is 30.3 Å². The van der Waals surface area contributed by atoms with Crippen LogP contribution in [0, 0.1) is 5.41 Å². The highest BCUT2D eigenvalue weighted by Gasteiger charge is 2.36. The zero-order chi connectivity index (χ0) is 14.6. The maximum absolute atomic E-state index is 12.2. The van der Waals surface area contributed by atoms with Crippen LogP contribution in [0.5, 0.6) is 0 Å². The molecule has 4 nitrogen and oxygen atoms in total. The van der Waals surface area contributed by atoms with Crippen molar-refractivity contribution in [3.63, 3.8) is 0 Å². The number of likely N-dealkylation sites (N-methyl/N-ethyl adjacent to an activating group) is 1. The molecule has 1 atom stereocenters. The zero-order valence-corrected chi connectivity index (χ0v) is 12.6. The minimum atomic E-state index is -0.129. The van der Waals surface area contributed by atoms with E-state index in [0.717, 1.165) is 25.3 Å². The molecule has 110 valence electrons. The van der Waals surface area contributed by atoms with Crippen molar-refractivity contribution in [2.45, 2.75) is 26.4 Å². The summed E-state index contributed by atoms with van der Waals surface area (Å²) in [6, 6.07) is 9.84. The van der Waals surface area contributed by atoms with Gasteiger partial charge in [0.15, 0.2) is 0 Å². The van der Waals surface area contributed by atoms with Gasteiger partial charge in [-0.3, -0.25) is 9.69 Å². The first-order valence-electron chi connectivity index (χ1n) is 7.10. The largest absolute Gasteiger partial charge is 0.380 e. The van der Waals surface area contributed by atoms with Gasteiger partial charge in [-0.05, 0) is 19.5 Å². The van der Waals surface area contributed by atoms with E-state index in [1.807, 2.05) is 44.3 Å². The van der Waals surface area contributed by atoms with Crippen molar-refractivity contribution in [2.24, 2.45) is 5.41 Å². The van der Waals surface area contributed by atoms with E-state index in [2.05, 4.69) is 17.1 Å². The van der Waals surface area contributed by atoms with Crippen molar-refractivity contribution in [2.75, 3.05) is 26.8 Å². The summed E-state index contributed by atoms with van der Waals surface area (Å²) in [6.07, 6.45) is 0. The fourth-order valence-electron chi connectivity index (χ4n) is 2.41. The number of nitrogens with zero attached hydrogens (tertiary/aromatic N) is 1. The number of carbonyl (C=O) groups is 1. The predicted molar refractivity (Wildman–Crippen MR) is 79.3 cm³/mol. The van der Waals surface area contributed by atoms with Gasteiger partial charge in [-0.15, -0.1) is 0 Å². The van der Waals surface area contributed by atoms with Crippen LogP contribution in [0.4, 0.5) is 0 Å². The molecular formula is C16H24N2O2. The lowest BCUT2D eigenvalue weighted by molar-refractivity contribution is -0.133. The second kappa shape index (κ2) is 6.37. The summed E-state index contributed by atoms with van der Waals surface area (Å²) in [5.41, 5.74) is 1.32. The Labute approximate surface area is 121 Å².